The van der Waals surface area contributed by atoms with E-state index < -0.39 is 22.0 Å². The van der Waals surface area contributed by atoms with Crippen molar-refractivity contribution in [2.75, 3.05) is 18.2 Å². The summed E-state index contributed by atoms with van der Waals surface area (Å²) in [5, 5.41) is 6.18. The van der Waals surface area contributed by atoms with Crippen LogP contribution >= 0.6 is 0 Å². The predicted molar refractivity (Wildman–Crippen MR) is 91.8 cm³/mol. The molecule has 0 saturated carbocycles. The average Bonchev–Trinajstić information content (AvgIpc) is 2.88. The standard InChI is InChI=1S/C15H20N4O5S/c1-8-14(10(3)24-18-8)25(21,22)19-9(2)15(20)17-13-7-11(23-4)5-6-12(13)16/h5-7,9,19H,16H2,1-4H3,(H,17,20). The first-order valence-electron chi connectivity index (χ1n) is 7.35. The molecule has 10 heteroatoms. The topological polar surface area (TPSA) is 137 Å². The monoisotopic (exact) mass is 368 g/mol. The summed E-state index contributed by atoms with van der Waals surface area (Å²) in [6.07, 6.45) is 0. The Bertz CT molecular complexity index is 872. The summed E-state index contributed by atoms with van der Waals surface area (Å²) >= 11 is 0. The van der Waals surface area contributed by atoms with E-state index >= 15 is 0 Å². The van der Waals surface area contributed by atoms with Crippen LogP contribution in [-0.4, -0.2) is 32.6 Å². The number of benzene rings is 1. The first-order chi connectivity index (χ1) is 11.7. The fourth-order valence-corrected chi connectivity index (χ4v) is 3.75. The van der Waals surface area contributed by atoms with Gasteiger partial charge in [0.25, 0.3) is 0 Å². The fraction of sp³-hybridized carbons (Fsp3) is 0.333. The van der Waals surface area contributed by atoms with Gasteiger partial charge in [0.2, 0.25) is 15.9 Å². The highest BCUT2D eigenvalue weighted by molar-refractivity contribution is 7.89. The van der Waals surface area contributed by atoms with Crippen molar-refractivity contribution in [1.29, 1.82) is 0 Å². The lowest BCUT2D eigenvalue weighted by Gasteiger charge is -2.15. The van der Waals surface area contributed by atoms with E-state index in [0.717, 1.165) is 0 Å². The van der Waals surface area contributed by atoms with E-state index in [0.29, 0.717) is 17.1 Å². The maximum atomic E-state index is 12.4. The van der Waals surface area contributed by atoms with E-state index in [1.165, 1.54) is 27.9 Å². The number of carbonyl (C=O) groups excluding carboxylic acids is 1. The van der Waals surface area contributed by atoms with Crippen LogP contribution < -0.4 is 20.5 Å². The summed E-state index contributed by atoms with van der Waals surface area (Å²) in [7, 11) is -2.48. The zero-order valence-electron chi connectivity index (χ0n) is 14.3. The largest absolute Gasteiger partial charge is 0.497 e. The number of carbonyl (C=O) groups is 1. The third kappa shape index (κ3) is 4.09. The van der Waals surface area contributed by atoms with Gasteiger partial charge in [-0.3, -0.25) is 4.79 Å². The van der Waals surface area contributed by atoms with Gasteiger partial charge in [0.05, 0.1) is 24.5 Å². The number of rotatable bonds is 6. The molecule has 4 N–H and O–H groups in total. The summed E-state index contributed by atoms with van der Waals surface area (Å²) in [4.78, 5) is 12.2. The highest BCUT2D eigenvalue weighted by Crippen LogP contribution is 2.24. The van der Waals surface area contributed by atoms with Gasteiger partial charge in [0, 0.05) is 6.07 Å². The minimum atomic E-state index is -3.96. The number of hydrogen-bond donors (Lipinski definition) is 3. The molecule has 1 unspecified atom stereocenters. The minimum Gasteiger partial charge on any atom is -0.497 e. The molecule has 0 aliphatic carbocycles. The van der Waals surface area contributed by atoms with E-state index in [1.54, 1.807) is 18.2 Å². The molecule has 25 heavy (non-hydrogen) atoms. The van der Waals surface area contributed by atoms with Gasteiger partial charge < -0.3 is 20.3 Å². The summed E-state index contributed by atoms with van der Waals surface area (Å²) in [6.45, 7) is 4.41. The zero-order valence-corrected chi connectivity index (χ0v) is 15.1. The molecule has 1 aromatic carbocycles. The Morgan fingerprint density at radius 1 is 1.36 bits per heavy atom. The number of ether oxygens (including phenoxy) is 1. The molecular formula is C15H20N4O5S. The molecule has 0 bridgehead atoms. The van der Waals surface area contributed by atoms with Crippen LogP contribution in [0.3, 0.4) is 0 Å². The molecule has 0 radical (unpaired) electrons. The third-order valence-electron chi connectivity index (χ3n) is 3.48. The number of sulfonamides is 1. The van der Waals surface area contributed by atoms with Gasteiger partial charge >= 0.3 is 0 Å². The van der Waals surface area contributed by atoms with Crippen LogP contribution in [0.5, 0.6) is 5.75 Å². The summed E-state index contributed by atoms with van der Waals surface area (Å²) in [6, 6.07) is 3.72. The zero-order chi connectivity index (χ0) is 18.8. The molecule has 1 atom stereocenters. The quantitative estimate of drug-likeness (QED) is 0.651. The van der Waals surface area contributed by atoms with Crippen LogP contribution in [0.4, 0.5) is 11.4 Å². The molecule has 0 fully saturated rings. The minimum absolute atomic E-state index is 0.0759. The van der Waals surface area contributed by atoms with Crippen LogP contribution in [0.15, 0.2) is 27.6 Å². The normalized spacial score (nSPS) is 12.6. The van der Waals surface area contributed by atoms with Crippen molar-refractivity contribution in [2.24, 2.45) is 0 Å². The van der Waals surface area contributed by atoms with Gasteiger partial charge in [0.15, 0.2) is 5.76 Å². The third-order valence-corrected chi connectivity index (χ3v) is 5.26. The molecule has 1 heterocycles. The summed E-state index contributed by atoms with van der Waals surface area (Å²) in [5.41, 5.74) is 6.68. The second-order valence-corrected chi connectivity index (χ2v) is 7.09. The van der Waals surface area contributed by atoms with Crippen LogP contribution in [-0.2, 0) is 14.8 Å². The van der Waals surface area contributed by atoms with Gasteiger partial charge in [0.1, 0.15) is 16.3 Å². The number of hydrogen-bond acceptors (Lipinski definition) is 7. The number of aromatic nitrogens is 1. The van der Waals surface area contributed by atoms with Crippen molar-refractivity contribution in [3.05, 3.63) is 29.7 Å². The van der Waals surface area contributed by atoms with Crippen molar-refractivity contribution >= 4 is 27.3 Å². The molecule has 9 nitrogen and oxygen atoms in total. The second-order valence-electron chi connectivity index (χ2n) is 5.44. The molecule has 0 spiro atoms. The van der Waals surface area contributed by atoms with Crippen molar-refractivity contribution in [1.82, 2.24) is 9.88 Å². The van der Waals surface area contributed by atoms with Crippen LogP contribution in [0.2, 0.25) is 0 Å². The molecule has 0 saturated heterocycles. The Morgan fingerprint density at radius 3 is 2.60 bits per heavy atom. The second kappa shape index (κ2) is 7.11. The van der Waals surface area contributed by atoms with Crippen molar-refractivity contribution in [3.63, 3.8) is 0 Å². The lowest BCUT2D eigenvalue weighted by Crippen LogP contribution is -2.41. The van der Waals surface area contributed by atoms with Gasteiger partial charge in [-0.25, -0.2) is 8.42 Å². The predicted octanol–water partition coefficient (Wildman–Crippen LogP) is 1.19. The van der Waals surface area contributed by atoms with Crippen molar-refractivity contribution < 1.29 is 22.5 Å². The van der Waals surface area contributed by atoms with E-state index in [-0.39, 0.29) is 16.3 Å². The summed E-state index contributed by atoms with van der Waals surface area (Å²) in [5.74, 6) is 0.0818. The fourth-order valence-electron chi connectivity index (χ4n) is 2.22. The van der Waals surface area contributed by atoms with Crippen LogP contribution in [0, 0.1) is 13.8 Å². The number of amides is 1. The molecule has 2 aromatic rings. The first-order valence-corrected chi connectivity index (χ1v) is 8.83. The van der Waals surface area contributed by atoms with Gasteiger partial charge in [-0.15, -0.1) is 0 Å². The number of methoxy groups -OCH3 is 1. The molecular weight excluding hydrogens is 348 g/mol. The summed E-state index contributed by atoms with van der Waals surface area (Å²) < 4.78 is 37.1. The molecule has 0 aliphatic heterocycles. The molecule has 0 aliphatic rings. The van der Waals surface area contributed by atoms with E-state index in [9.17, 15) is 13.2 Å². The number of nitrogens with zero attached hydrogens (tertiary/aromatic N) is 1. The lowest BCUT2D eigenvalue weighted by atomic mass is 10.2. The van der Waals surface area contributed by atoms with Gasteiger partial charge in [-0.1, -0.05) is 5.16 Å². The van der Waals surface area contributed by atoms with E-state index in [1.807, 2.05) is 0 Å². The SMILES string of the molecule is COc1ccc(N)c(NC(=O)C(C)NS(=O)(=O)c2c(C)noc2C)c1. The van der Waals surface area contributed by atoms with Gasteiger partial charge in [-0.2, -0.15) is 4.72 Å². The number of nitrogen functional groups attached to an aromatic ring is 1. The molecule has 136 valence electrons. The Morgan fingerprint density at radius 2 is 2.04 bits per heavy atom. The first kappa shape index (κ1) is 18.7. The van der Waals surface area contributed by atoms with Crippen LogP contribution in [0.25, 0.3) is 0 Å². The maximum absolute atomic E-state index is 12.4. The number of aryl methyl sites for hydroxylation is 2. The Balaban J connectivity index is 2.16. The Hall–Kier alpha value is -2.59. The number of anilines is 2. The maximum Gasteiger partial charge on any atom is 0.246 e. The average molecular weight is 368 g/mol. The highest BCUT2D eigenvalue weighted by atomic mass is 32.2. The number of nitrogens with two attached hydrogens (primary N) is 1. The van der Waals surface area contributed by atoms with Gasteiger partial charge in [-0.05, 0) is 32.9 Å². The Kier molecular flexibility index (Phi) is 5.33. The van der Waals surface area contributed by atoms with E-state index in [2.05, 4.69) is 15.2 Å². The van der Waals surface area contributed by atoms with Crippen molar-refractivity contribution in [2.45, 2.75) is 31.7 Å². The highest BCUT2D eigenvalue weighted by Gasteiger charge is 2.28. The van der Waals surface area contributed by atoms with E-state index in [4.69, 9.17) is 15.0 Å². The Labute approximate surface area is 145 Å². The smallest absolute Gasteiger partial charge is 0.246 e. The lowest BCUT2D eigenvalue weighted by molar-refractivity contribution is -0.117. The van der Waals surface area contributed by atoms with Crippen LogP contribution in [0.1, 0.15) is 18.4 Å². The number of nitrogens with one attached hydrogen (secondary N) is 2. The molecule has 1 amide bonds. The molecule has 2 rings (SSSR count). The van der Waals surface area contributed by atoms with Crippen molar-refractivity contribution in [3.8, 4) is 5.75 Å². The molecule has 1 aromatic heterocycles.